The Morgan fingerprint density at radius 3 is 1.10 bits per heavy atom. The second-order valence-electron chi connectivity index (χ2n) is 22.6. The predicted molar refractivity (Wildman–Crippen MR) is 372 cm³/mol. The second kappa shape index (κ2) is 32.5. The van der Waals surface area contributed by atoms with Gasteiger partial charge in [-0.3, -0.25) is 18.7 Å². The molecule has 0 N–H and O–H groups in total. The van der Waals surface area contributed by atoms with Gasteiger partial charge >= 0.3 is 0 Å². The van der Waals surface area contributed by atoms with Crippen molar-refractivity contribution in [3.8, 4) is 92.4 Å². The van der Waals surface area contributed by atoms with Crippen molar-refractivity contribution >= 4 is 29.5 Å². The monoisotopic (exact) mass is 1430 g/mol. The first-order valence-electron chi connectivity index (χ1n) is 31.1. The molecule has 0 unspecified atom stereocenters. The number of furan rings is 3. The van der Waals surface area contributed by atoms with Crippen LogP contribution in [-0.2, 0) is 66.0 Å². The molecule has 31 heteroatoms. The summed E-state index contributed by atoms with van der Waals surface area (Å²) < 4.78 is 133. The van der Waals surface area contributed by atoms with Crippen LogP contribution in [0.25, 0.3) is 51.8 Å². The fraction of sp³-hybridized carbons (Fsp3) is 0.257. The number of hydrogen-bond acceptors (Lipinski definition) is 25. The highest BCUT2D eigenvalue weighted by molar-refractivity contribution is 7.91. The lowest BCUT2D eigenvalue weighted by atomic mass is 10.0. The molecular formula is C70H71N13O15S3. The molecular weight excluding hydrogens is 1360 g/mol. The van der Waals surface area contributed by atoms with Crippen molar-refractivity contribution in [3.63, 3.8) is 0 Å². The van der Waals surface area contributed by atoms with Crippen molar-refractivity contribution in [2.75, 3.05) is 59.9 Å². The molecule has 4 aromatic carbocycles. The van der Waals surface area contributed by atoms with Crippen LogP contribution in [-0.4, -0.2) is 144 Å². The normalized spacial score (nSPS) is 11.4. The molecule has 28 nitrogen and oxygen atoms in total. The summed E-state index contributed by atoms with van der Waals surface area (Å²) in [4.78, 5) is 12.7. The summed E-state index contributed by atoms with van der Waals surface area (Å²) in [5, 5.41) is 34.7. The summed E-state index contributed by atoms with van der Waals surface area (Å²) in [5.74, 6) is 4.69. The van der Waals surface area contributed by atoms with Gasteiger partial charge in [0.1, 0.15) is 74.6 Å². The van der Waals surface area contributed by atoms with Gasteiger partial charge < -0.3 is 41.7 Å². The van der Waals surface area contributed by atoms with E-state index in [9.17, 15) is 30.5 Å². The van der Waals surface area contributed by atoms with Gasteiger partial charge in [0.05, 0.1) is 90.3 Å². The summed E-state index contributed by atoms with van der Waals surface area (Å²) in [7, 11) is -1.64. The molecule has 8 heterocycles. The van der Waals surface area contributed by atoms with Crippen LogP contribution in [0.3, 0.4) is 0 Å². The number of nitriles is 1. The zero-order chi connectivity index (χ0) is 71.8. The number of ether oxygens (including phenoxy) is 6. The maximum atomic E-state index is 13.2. The van der Waals surface area contributed by atoms with E-state index in [-0.39, 0.29) is 64.8 Å². The molecule has 12 rings (SSSR count). The highest BCUT2D eigenvalue weighted by Gasteiger charge is 2.31. The Hall–Kier alpha value is -11.5. The highest BCUT2D eigenvalue weighted by Crippen LogP contribution is 2.40. The Labute approximate surface area is 582 Å². The topological polar surface area (TPSA) is 352 Å². The second-order valence-corrected chi connectivity index (χ2v) is 29.1. The minimum Gasteiger partial charge on any atom is -0.494 e. The quantitative estimate of drug-likeness (QED) is 0.0462. The van der Waals surface area contributed by atoms with E-state index in [0.717, 1.165) is 16.7 Å². The van der Waals surface area contributed by atoms with Gasteiger partial charge in [-0.2, -0.15) is 5.26 Å². The molecule has 0 aliphatic heterocycles. The lowest BCUT2D eigenvalue weighted by Gasteiger charge is -2.17. The van der Waals surface area contributed by atoms with E-state index >= 15 is 0 Å². The van der Waals surface area contributed by atoms with Crippen LogP contribution in [0.1, 0.15) is 56.8 Å². The van der Waals surface area contributed by atoms with Gasteiger partial charge in [0.2, 0.25) is 17.5 Å². The molecule has 8 aromatic heterocycles. The van der Waals surface area contributed by atoms with E-state index < -0.39 is 29.5 Å². The molecule has 0 atom stereocenters. The number of aromatic nitrogens is 12. The van der Waals surface area contributed by atoms with Gasteiger partial charge in [0, 0.05) is 37.1 Å². The van der Waals surface area contributed by atoms with E-state index in [2.05, 4.69) is 51.6 Å². The number of para-hydroxylation sites is 3. The summed E-state index contributed by atoms with van der Waals surface area (Å²) in [6.45, 7) is 5.69. The molecule has 0 saturated heterocycles. The van der Waals surface area contributed by atoms with Gasteiger partial charge in [-0.25, -0.2) is 35.2 Å². The number of rotatable bonds is 27. The molecule has 12 aromatic rings. The first-order chi connectivity index (χ1) is 48.7. The first-order valence-corrected chi connectivity index (χ1v) is 36.5. The van der Waals surface area contributed by atoms with Crippen LogP contribution in [0, 0.1) is 32.1 Å². The van der Waals surface area contributed by atoms with Gasteiger partial charge in [0.15, 0.2) is 64.3 Å². The number of aryl methyl sites for hydroxylation is 6. The Morgan fingerprint density at radius 2 is 0.762 bits per heavy atom. The lowest BCUT2D eigenvalue weighted by molar-refractivity contribution is 0.390. The zero-order valence-corrected chi connectivity index (χ0v) is 59.0. The maximum absolute atomic E-state index is 13.2. The fourth-order valence-electron chi connectivity index (χ4n) is 10.6. The molecule has 0 aliphatic rings. The largest absolute Gasteiger partial charge is 0.494 e. The molecule has 0 fully saturated rings. The van der Waals surface area contributed by atoms with E-state index in [1.807, 2.05) is 39.0 Å². The number of methoxy groups -OCH3 is 6. The molecule has 0 spiro atoms. The number of benzene rings is 4. The molecule has 0 aliphatic carbocycles. The SMILES string of the molecule is COc1cccc(OC)c1-n1c(CS(=O)(=O)CCc2ccc(C)cc2C#N)nnc1-c1ccco1.COc1cccc(OC)c1-n1c(CS(=O)(=O)CCc2ccc(C)cn2)nnc1-c1ccco1.COc1cccc(OC)c1-n1c(CS(=O)(=O)CCc2ncc(C)cn2)nnc1-c1ccco1. The molecule has 0 radical (unpaired) electrons. The molecule has 524 valence electrons. The maximum Gasteiger partial charge on any atom is 0.204 e. The van der Waals surface area contributed by atoms with Crippen LogP contribution in [0.5, 0.6) is 34.5 Å². The van der Waals surface area contributed by atoms with Gasteiger partial charge in [-0.05, 0) is 134 Å². The van der Waals surface area contributed by atoms with E-state index in [0.29, 0.717) is 115 Å². The lowest BCUT2D eigenvalue weighted by Crippen LogP contribution is -2.16. The minimum atomic E-state index is -3.64. The first kappa shape index (κ1) is 72.3. The Bertz CT molecular complexity index is 4890. The average Bonchev–Trinajstić information content (AvgIpc) is 1.67. The van der Waals surface area contributed by atoms with E-state index in [1.165, 1.54) is 61.4 Å². The Morgan fingerprint density at radius 1 is 0.406 bits per heavy atom. The summed E-state index contributed by atoms with van der Waals surface area (Å²) in [6.07, 6.45) is 10.3. The van der Waals surface area contributed by atoms with Crippen molar-refractivity contribution in [2.24, 2.45) is 0 Å². The van der Waals surface area contributed by atoms with Crippen LogP contribution < -0.4 is 28.4 Å². The van der Waals surface area contributed by atoms with Crippen LogP contribution in [0.15, 0.2) is 172 Å². The summed E-state index contributed by atoms with van der Waals surface area (Å²) in [6, 6.07) is 37.4. The van der Waals surface area contributed by atoms with Crippen LogP contribution in [0.4, 0.5) is 0 Å². The molecule has 101 heavy (non-hydrogen) atoms. The van der Waals surface area contributed by atoms with E-state index in [4.69, 9.17) is 41.7 Å². The van der Waals surface area contributed by atoms with Crippen LogP contribution >= 0.6 is 0 Å². The van der Waals surface area contributed by atoms with Gasteiger partial charge in [-0.15, -0.1) is 30.6 Å². The minimum absolute atomic E-state index is 0.0743. The van der Waals surface area contributed by atoms with Crippen molar-refractivity contribution in [1.82, 2.24) is 59.2 Å². The average molecular weight is 1430 g/mol. The summed E-state index contributed by atoms with van der Waals surface area (Å²) in [5.41, 5.74) is 6.18. The summed E-state index contributed by atoms with van der Waals surface area (Å²) >= 11 is 0. The predicted octanol–water partition coefficient (Wildman–Crippen LogP) is 10.1. The smallest absolute Gasteiger partial charge is 0.204 e. The number of sulfone groups is 3. The van der Waals surface area contributed by atoms with Crippen LogP contribution in [0.2, 0.25) is 0 Å². The zero-order valence-electron chi connectivity index (χ0n) is 56.5. The van der Waals surface area contributed by atoms with Crippen molar-refractivity contribution in [1.29, 1.82) is 5.26 Å². The Kier molecular flexibility index (Phi) is 23.2. The number of hydrogen-bond donors (Lipinski definition) is 0. The third kappa shape index (κ3) is 17.5. The third-order valence-electron chi connectivity index (χ3n) is 15.5. The van der Waals surface area contributed by atoms with E-state index in [1.54, 1.807) is 135 Å². The molecule has 0 amide bonds. The van der Waals surface area contributed by atoms with Crippen molar-refractivity contribution in [3.05, 3.63) is 216 Å². The van der Waals surface area contributed by atoms with Crippen molar-refractivity contribution < 1.29 is 66.9 Å². The van der Waals surface area contributed by atoms with Gasteiger partial charge in [0.25, 0.3) is 0 Å². The number of pyridine rings is 1. The Balaban J connectivity index is 0.000000163. The third-order valence-corrected chi connectivity index (χ3v) is 20.1. The molecule has 0 bridgehead atoms. The van der Waals surface area contributed by atoms with Gasteiger partial charge in [-0.1, -0.05) is 36.4 Å². The molecule has 0 saturated carbocycles. The fourth-order valence-corrected chi connectivity index (χ4v) is 14.3. The highest BCUT2D eigenvalue weighted by atomic mass is 32.2. The standard InChI is InChI=1S/C25H24N4O5S.C23H24N4O5S.C22H23N5O5S/c1-17-9-10-18(19(14-17)15-26)11-13-35(30,31)16-23-27-28-25(22-8-5-12-34-22)29(23)24-20(32-2)6-4-7-21(24)33-3;1-16-9-10-17(24-14-16)11-13-33(28,29)15-21-25-26-23(20-8-5-12-32-20)27(21)22-18(30-2)6-4-7-19(22)31-3;1-15-12-23-19(24-13-15)9-11-33(28,29)14-20-25-26-22(18-8-5-10-32-18)27(20)21-16(30-2)6-4-7-17(21)31-3/h4-10,12,14H,11,13,16H2,1-3H3;4-10,12,14H,11,13,15H2,1-3H3;4-8,10,12-13H,9,11,14H2,1-3H3. The number of nitrogens with zero attached hydrogens (tertiary/aromatic N) is 13. The van der Waals surface area contributed by atoms with Crippen molar-refractivity contribution in [2.45, 2.75) is 57.3 Å².